The van der Waals surface area contributed by atoms with E-state index in [9.17, 15) is 4.79 Å². The van der Waals surface area contributed by atoms with Gasteiger partial charge in [0.1, 0.15) is 17.6 Å². The van der Waals surface area contributed by atoms with Crippen molar-refractivity contribution in [3.63, 3.8) is 0 Å². The monoisotopic (exact) mass is 351 g/mol. The molecule has 0 aliphatic rings. The average molecular weight is 351 g/mol. The second kappa shape index (κ2) is 7.16. The largest absolute Gasteiger partial charge is 0.497 e. The Bertz CT molecular complexity index is 1000. The maximum Gasteiger partial charge on any atom is 0.312 e. The van der Waals surface area contributed by atoms with Crippen molar-refractivity contribution in [3.8, 4) is 17.1 Å². The van der Waals surface area contributed by atoms with Crippen LogP contribution in [0, 0.1) is 0 Å². The second-order valence-corrected chi connectivity index (χ2v) is 5.81. The van der Waals surface area contributed by atoms with Crippen molar-refractivity contribution in [2.45, 2.75) is 12.5 Å². The molecule has 1 unspecified atom stereocenters. The van der Waals surface area contributed by atoms with Crippen LogP contribution in [0.5, 0.6) is 5.75 Å². The molecule has 0 amide bonds. The summed E-state index contributed by atoms with van der Waals surface area (Å²) in [5.41, 5.74) is 12.0. The Morgan fingerprint density at radius 3 is 2.69 bits per heavy atom. The van der Waals surface area contributed by atoms with E-state index in [-0.39, 0.29) is 6.42 Å². The number of hydrogen-bond donors (Lipinski definition) is 1. The van der Waals surface area contributed by atoms with Gasteiger partial charge in [-0.2, -0.15) is 0 Å². The number of rotatable bonds is 6. The predicted molar refractivity (Wildman–Crippen MR) is 97.0 cm³/mol. The van der Waals surface area contributed by atoms with E-state index in [1.807, 2.05) is 54.1 Å². The van der Waals surface area contributed by atoms with Gasteiger partial charge in [-0.3, -0.25) is 4.79 Å². The highest BCUT2D eigenvalue weighted by Crippen LogP contribution is 2.27. The van der Waals surface area contributed by atoms with Crippen LogP contribution in [0.15, 0.2) is 47.6 Å². The van der Waals surface area contributed by atoms with E-state index in [4.69, 9.17) is 15.4 Å². The van der Waals surface area contributed by atoms with Crippen molar-refractivity contribution in [2.75, 3.05) is 7.11 Å². The van der Waals surface area contributed by atoms with Crippen molar-refractivity contribution in [2.24, 2.45) is 12.2 Å². The highest BCUT2D eigenvalue weighted by Gasteiger charge is 2.16. The number of carbonyl (C=O) groups is 1. The molecule has 0 aliphatic heterocycles. The molecule has 0 fully saturated rings. The third kappa shape index (κ3) is 3.31. The van der Waals surface area contributed by atoms with E-state index >= 15 is 0 Å². The number of nitrogens with zero attached hydrogens (tertiary/aromatic N) is 5. The lowest BCUT2D eigenvalue weighted by Crippen LogP contribution is -2.19. The maximum absolute atomic E-state index is 11.1. The molecule has 3 rings (SSSR count). The molecule has 132 valence electrons. The van der Waals surface area contributed by atoms with Gasteiger partial charge in [0.05, 0.1) is 18.1 Å². The van der Waals surface area contributed by atoms with Crippen LogP contribution < -0.4 is 4.74 Å². The van der Waals surface area contributed by atoms with E-state index in [0.717, 1.165) is 33.7 Å². The SMILES string of the molecule is COc1ccc2nc(-c3ccc(CC(N=[N+]=[N-])C(=O)O)cc3)n(C)c2c1. The lowest BCUT2D eigenvalue weighted by molar-refractivity contribution is -0.138. The molecule has 26 heavy (non-hydrogen) atoms. The molecule has 8 heteroatoms. The average Bonchev–Trinajstić information content (AvgIpc) is 2.98. The summed E-state index contributed by atoms with van der Waals surface area (Å²) in [6, 6.07) is 12.0. The van der Waals surface area contributed by atoms with E-state index < -0.39 is 12.0 Å². The van der Waals surface area contributed by atoms with Gasteiger partial charge in [-0.25, -0.2) is 4.98 Å². The number of benzene rings is 2. The first kappa shape index (κ1) is 17.3. The minimum Gasteiger partial charge on any atom is -0.497 e. The number of carboxylic acid groups (broad SMARTS) is 1. The van der Waals surface area contributed by atoms with Gasteiger partial charge in [0.25, 0.3) is 0 Å². The first-order valence-electron chi connectivity index (χ1n) is 7.90. The van der Waals surface area contributed by atoms with Gasteiger partial charge in [0.15, 0.2) is 0 Å². The molecule has 1 heterocycles. The van der Waals surface area contributed by atoms with Gasteiger partial charge in [0.2, 0.25) is 0 Å². The molecule has 0 radical (unpaired) electrons. The molecule has 2 aromatic carbocycles. The van der Waals surface area contributed by atoms with E-state index in [1.54, 1.807) is 7.11 Å². The highest BCUT2D eigenvalue weighted by molar-refractivity contribution is 5.82. The molecule has 3 aromatic rings. The van der Waals surface area contributed by atoms with Crippen LogP contribution in [0.1, 0.15) is 5.56 Å². The summed E-state index contributed by atoms with van der Waals surface area (Å²) < 4.78 is 7.24. The minimum absolute atomic E-state index is 0.138. The molecule has 0 aliphatic carbocycles. The van der Waals surface area contributed by atoms with Crippen LogP contribution in [0.2, 0.25) is 0 Å². The van der Waals surface area contributed by atoms with Crippen LogP contribution in [0.25, 0.3) is 32.9 Å². The number of hydrogen-bond acceptors (Lipinski definition) is 4. The first-order valence-corrected chi connectivity index (χ1v) is 7.90. The number of aryl methyl sites for hydroxylation is 1. The van der Waals surface area contributed by atoms with Gasteiger partial charge in [0, 0.05) is 23.6 Å². The van der Waals surface area contributed by atoms with Crippen molar-refractivity contribution in [1.29, 1.82) is 0 Å². The topological polar surface area (TPSA) is 113 Å². The minimum atomic E-state index is -1.14. The van der Waals surface area contributed by atoms with Crippen molar-refractivity contribution >= 4 is 17.0 Å². The number of methoxy groups -OCH3 is 1. The van der Waals surface area contributed by atoms with Crippen LogP contribution >= 0.6 is 0 Å². The second-order valence-electron chi connectivity index (χ2n) is 5.81. The predicted octanol–water partition coefficient (Wildman–Crippen LogP) is 3.55. The van der Waals surface area contributed by atoms with Gasteiger partial charge < -0.3 is 14.4 Å². The molecule has 0 spiro atoms. The van der Waals surface area contributed by atoms with Crippen molar-refractivity contribution in [1.82, 2.24) is 9.55 Å². The Balaban J connectivity index is 1.91. The number of ether oxygens (including phenoxy) is 1. The summed E-state index contributed by atoms with van der Waals surface area (Å²) in [7, 11) is 3.55. The Kier molecular flexibility index (Phi) is 4.77. The number of fused-ring (bicyclic) bond motifs is 1. The van der Waals surface area contributed by atoms with Gasteiger partial charge in [-0.1, -0.05) is 29.4 Å². The Morgan fingerprint density at radius 1 is 1.35 bits per heavy atom. The zero-order valence-corrected chi connectivity index (χ0v) is 14.3. The first-order chi connectivity index (χ1) is 12.5. The third-order valence-corrected chi connectivity index (χ3v) is 4.21. The normalized spacial score (nSPS) is 11.8. The summed E-state index contributed by atoms with van der Waals surface area (Å²) in [5.74, 6) is 0.418. The zero-order chi connectivity index (χ0) is 18.7. The number of carboxylic acids is 1. The molecular weight excluding hydrogens is 334 g/mol. The quantitative estimate of drug-likeness (QED) is 0.415. The van der Waals surface area contributed by atoms with Crippen LogP contribution in [0.4, 0.5) is 0 Å². The highest BCUT2D eigenvalue weighted by atomic mass is 16.5. The molecule has 0 saturated heterocycles. The van der Waals surface area contributed by atoms with Crippen LogP contribution in [0.3, 0.4) is 0 Å². The van der Waals surface area contributed by atoms with Gasteiger partial charge >= 0.3 is 5.97 Å². The number of azide groups is 1. The van der Waals surface area contributed by atoms with E-state index in [2.05, 4.69) is 15.0 Å². The fourth-order valence-electron chi connectivity index (χ4n) is 2.81. The maximum atomic E-state index is 11.1. The summed E-state index contributed by atoms with van der Waals surface area (Å²) in [6.45, 7) is 0. The zero-order valence-electron chi connectivity index (χ0n) is 14.3. The van der Waals surface area contributed by atoms with E-state index in [1.165, 1.54) is 0 Å². The Hall–Kier alpha value is -3.51. The molecule has 0 saturated carbocycles. The van der Waals surface area contributed by atoms with Crippen LogP contribution in [-0.2, 0) is 18.3 Å². The molecule has 1 atom stereocenters. The number of imidazole rings is 1. The molecule has 8 nitrogen and oxygen atoms in total. The summed E-state index contributed by atoms with van der Waals surface area (Å²) in [6.07, 6.45) is 0.138. The third-order valence-electron chi connectivity index (χ3n) is 4.21. The molecule has 1 N–H and O–H groups in total. The fourth-order valence-corrected chi connectivity index (χ4v) is 2.81. The summed E-state index contributed by atoms with van der Waals surface area (Å²) in [4.78, 5) is 18.3. The lowest BCUT2D eigenvalue weighted by Gasteiger charge is -2.07. The fraction of sp³-hybridized carbons (Fsp3) is 0.222. The Morgan fingerprint density at radius 2 is 2.08 bits per heavy atom. The summed E-state index contributed by atoms with van der Waals surface area (Å²) in [5, 5.41) is 12.4. The lowest BCUT2D eigenvalue weighted by atomic mass is 10.0. The van der Waals surface area contributed by atoms with Crippen molar-refractivity contribution in [3.05, 3.63) is 58.5 Å². The number of aromatic nitrogens is 2. The molecule has 1 aromatic heterocycles. The summed E-state index contributed by atoms with van der Waals surface area (Å²) >= 11 is 0. The van der Waals surface area contributed by atoms with Gasteiger partial charge in [-0.05, 0) is 29.6 Å². The number of aliphatic carboxylic acids is 1. The van der Waals surface area contributed by atoms with E-state index in [0.29, 0.717) is 0 Å². The van der Waals surface area contributed by atoms with Crippen molar-refractivity contribution < 1.29 is 14.6 Å². The standard InChI is InChI=1S/C18H17N5O3/c1-23-16-10-13(26-2)7-8-14(16)20-17(23)12-5-3-11(4-6-12)9-15(18(24)25)21-22-19/h3-8,10,15H,9H2,1-2H3,(H,24,25). The molecular formula is C18H17N5O3. The Labute approximate surface area is 149 Å². The van der Waals surface area contributed by atoms with Gasteiger partial charge in [-0.15, -0.1) is 0 Å². The molecule has 0 bridgehead atoms. The van der Waals surface area contributed by atoms with Crippen LogP contribution in [-0.4, -0.2) is 33.8 Å². The smallest absolute Gasteiger partial charge is 0.312 e.